The van der Waals surface area contributed by atoms with E-state index in [2.05, 4.69) is 20.9 Å². The number of esters is 1. The van der Waals surface area contributed by atoms with E-state index in [-0.39, 0.29) is 11.5 Å². The van der Waals surface area contributed by atoms with Crippen LogP contribution in [-0.2, 0) is 17.7 Å². The molecule has 0 amide bonds. The highest BCUT2D eigenvalue weighted by molar-refractivity contribution is 9.10. The van der Waals surface area contributed by atoms with Crippen molar-refractivity contribution in [3.8, 4) is 11.3 Å². The molecule has 0 spiro atoms. The summed E-state index contributed by atoms with van der Waals surface area (Å²) in [5.74, 6) is -0.147. The summed E-state index contributed by atoms with van der Waals surface area (Å²) in [6.07, 6.45) is 0.675. The van der Waals surface area contributed by atoms with Gasteiger partial charge >= 0.3 is 11.9 Å². The van der Waals surface area contributed by atoms with Crippen LogP contribution in [0.2, 0.25) is 0 Å². The molecule has 4 aromatic rings. The molecule has 0 aliphatic carbocycles. The van der Waals surface area contributed by atoms with Crippen molar-refractivity contribution in [2.75, 3.05) is 6.61 Å². The van der Waals surface area contributed by atoms with Crippen LogP contribution in [-0.4, -0.2) is 33.2 Å². The number of aromatic carboxylic acids is 1. The molecule has 1 N–H and O–H groups in total. The normalized spacial score (nSPS) is 11.2. The van der Waals surface area contributed by atoms with E-state index < -0.39 is 5.97 Å². The summed E-state index contributed by atoms with van der Waals surface area (Å²) in [5, 5.41) is 10.4. The molecule has 33 heavy (non-hydrogen) atoms. The Labute approximate surface area is 199 Å². The number of aromatic nitrogens is 2. The van der Waals surface area contributed by atoms with E-state index in [1.54, 1.807) is 31.2 Å². The Hall–Kier alpha value is -3.39. The van der Waals surface area contributed by atoms with Crippen molar-refractivity contribution < 1.29 is 23.8 Å². The highest BCUT2D eigenvalue weighted by Crippen LogP contribution is 2.39. The molecule has 7 nitrogen and oxygen atoms in total. The van der Waals surface area contributed by atoms with Gasteiger partial charge in [-0.3, -0.25) is 0 Å². The average Bonchev–Trinajstić information content (AvgIpc) is 3.30. The standard InChI is InChI=1S/C25H23BrN2O5/c1-4-20-27-14(3)22(25(31)32-5-2)28(20)13-15-10-11-19-18(12-15)21(26)23(33-19)16-8-6-7-9-17(16)24(29)30/h6-12H,4-5,13H2,1-3H3,(H,29,30). The third-order valence-electron chi connectivity index (χ3n) is 5.44. The quantitative estimate of drug-likeness (QED) is 0.313. The van der Waals surface area contributed by atoms with Crippen LogP contribution in [0.4, 0.5) is 0 Å². The Morgan fingerprint density at radius 3 is 2.64 bits per heavy atom. The van der Waals surface area contributed by atoms with Gasteiger partial charge in [0.25, 0.3) is 0 Å². The number of carbonyl (C=O) groups excluding carboxylic acids is 1. The molecule has 2 aromatic heterocycles. The van der Waals surface area contributed by atoms with E-state index in [0.29, 0.717) is 52.3 Å². The van der Waals surface area contributed by atoms with Gasteiger partial charge in [0.15, 0.2) is 5.69 Å². The number of carboxylic acid groups (broad SMARTS) is 1. The van der Waals surface area contributed by atoms with Gasteiger partial charge in [0.2, 0.25) is 0 Å². The zero-order chi connectivity index (χ0) is 23.7. The van der Waals surface area contributed by atoms with Gasteiger partial charge in [-0.25, -0.2) is 14.6 Å². The van der Waals surface area contributed by atoms with Gasteiger partial charge in [-0.15, -0.1) is 0 Å². The van der Waals surface area contributed by atoms with Gasteiger partial charge in [-0.05, 0) is 53.5 Å². The number of furan rings is 1. The number of hydrogen-bond acceptors (Lipinski definition) is 5. The number of nitrogens with zero attached hydrogens (tertiary/aromatic N) is 2. The van der Waals surface area contributed by atoms with E-state index >= 15 is 0 Å². The van der Waals surface area contributed by atoms with Crippen LogP contribution >= 0.6 is 15.9 Å². The van der Waals surface area contributed by atoms with Crippen molar-refractivity contribution in [2.45, 2.75) is 33.7 Å². The predicted octanol–water partition coefficient (Wildman–Crippen LogP) is 5.85. The lowest BCUT2D eigenvalue weighted by atomic mass is 10.0. The second-order valence-electron chi connectivity index (χ2n) is 7.55. The zero-order valence-electron chi connectivity index (χ0n) is 18.5. The van der Waals surface area contributed by atoms with E-state index in [0.717, 1.165) is 16.8 Å². The van der Waals surface area contributed by atoms with Crippen molar-refractivity contribution in [2.24, 2.45) is 0 Å². The van der Waals surface area contributed by atoms with Gasteiger partial charge in [-0.2, -0.15) is 0 Å². The fourth-order valence-electron chi connectivity index (χ4n) is 3.97. The number of fused-ring (bicyclic) bond motifs is 1. The molecule has 4 rings (SSSR count). The maximum atomic E-state index is 12.6. The lowest BCUT2D eigenvalue weighted by Gasteiger charge is -2.11. The number of aryl methyl sites for hydroxylation is 2. The summed E-state index contributed by atoms with van der Waals surface area (Å²) in [4.78, 5) is 28.8. The molecule has 0 bridgehead atoms. The van der Waals surface area contributed by atoms with Crippen molar-refractivity contribution in [3.05, 3.63) is 75.3 Å². The fraction of sp³-hybridized carbons (Fsp3) is 0.240. The van der Waals surface area contributed by atoms with Gasteiger partial charge in [0.1, 0.15) is 17.2 Å². The van der Waals surface area contributed by atoms with E-state index in [9.17, 15) is 14.7 Å². The van der Waals surface area contributed by atoms with Crippen LogP contribution in [0, 0.1) is 6.92 Å². The van der Waals surface area contributed by atoms with Crippen LogP contribution in [0.15, 0.2) is 51.4 Å². The molecule has 0 aliphatic heterocycles. The third kappa shape index (κ3) is 4.18. The average molecular weight is 511 g/mol. The zero-order valence-corrected chi connectivity index (χ0v) is 20.1. The van der Waals surface area contributed by atoms with Gasteiger partial charge in [0, 0.05) is 23.9 Å². The molecular weight excluding hydrogens is 488 g/mol. The lowest BCUT2D eigenvalue weighted by molar-refractivity contribution is 0.0512. The molecule has 2 heterocycles. The maximum absolute atomic E-state index is 12.6. The largest absolute Gasteiger partial charge is 0.478 e. The topological polar surface area (TPSA) is 94.6 Å². The molecule has 0 atom stereocenters. The number of carbonyl (C=O) groups is 2. The van der Waals surface area contributed by atoms with E-state index in [4.69, 9.17) is 9.15 Å². The molecule has 170 valence electrons. The van der Waals surface area contributed by atoms with Crippen molar-refractivity contribution in [1.82, 2.24) is 9.55 Å². The van der Waals surface area contributed by atoms with Crippen LogP contribution in [0.3, 0.4) is 0 Å². The minimum absolute atomic E-state index is 0.165. The SMILES string of the molecule is CCOC(=O)c1c(C)nc(CC)n1Cc1ccc2oc(-c3ccccc3C(=O)O)c(Br)c2c1. The summed E-state index contributed by atoms with van der Waals surface area (Å²) in [6.45, 7) is 6.31. The number of carboxylic acids is 1. The molecular formula is C25H23BrN2O5. The lowest BCUT2D eigenvalue weighted by Crippen LogP contribution is -2.15. The number of benzene rings is 2. The highest BCUT2D eigenvalue weighted by Gasteiger charge is 2.23. The highest BCUT2D eigenvalue weighted by atomic mass is 79.9. The number of ether oxygens (including phenoxy) is 1. The summed E-state index contributed by atoms with van der Waals surface area (Å²) >= 11 is 3.60. The number of halogens is 1. The second-order valence-corrected chi connectivity index (χ2v) is 8.34. The number of hydrogen-bond donors (Lipinski definition) is 1. The molecule has 0 radical (unpaired) electrons. The van der Waals surface area contributed by atoms with Crippen LogP contribution in [0.25, 0.3) is 22.3 Å². The molecule has 8 heteroatoms. The van der Waals surface area contributed by atoms with Crippen molar-refractivity contribution >= 4 is 38.8 Å². The Morgan fingerprint density at radius 1 is 1.18 bits per heavy atom. The first-order valence-corrected chi connectivity index (χ1v) is 11.4. The molecule has 0 unspecified atom stereocenters. The summed E-state index contributed by atoms with van der Waals surface area (Å²) < 4.78 is 13.8. The smallest absolute Gasteiger partial charge is 0.356 e. The van der Waals surface area contributed by atoms with Crippen LogP contribution in [0.5, 0.6) is 0 Å². The van der Waals surface area contributed by atoms with Crippen molar-refractivity contribution in [1.29, 1.82) is 0 Å². The summed E-state index contributed by atoms with van der Waals surface area (Å²) in [6, 6.07) is 12.5. The minimum Gasteiger partial charge on any atom is -0.478 e. The van der Waals surface area contributed by atoms with Crippen molar-refractivity contribution in [3.63, 3.8) is 0 Å². The van der Waals surface area contributed by atoms with E-state index in [1.165, 1.54) is 0 Å². The second kappa shape index (κ2) is 9.23. The third-order valence-corrected chi connectivity index (χ3v) is 6.23. The first-order valence-electron chi connectivity index (χ1n) is 10.6. The van der Waals surface area contributed by atoms with Gasteiger partial charge in [0.05, 0.1) is 22.3 Å². The van der Waals surface area contributed by atoms with Crippen LogP contribution in [0.1, 0.15) is 51.8 Å². The number of rotatable bonds is 7. The molecule has 2 aromatic carbocycles. The molecule has 0 saturated carbocycles. The summed E-state index contributed by atoms with van der Waals surface area (Å²) in [7, 11) is 0. The fourth-order valence-corrected chi connectivity index (χ4v) is 4.57. The minimum atomic E-state index is -1.02. The first kappa shape index (κ1) is 22.8. The summed E-state index contributed by atoms with van der Waals surface area (Å²) in [5.41, 5.74) is 3.33. The van der Waals surface area contributed by atoms with Crippen LogP contribution < -0.4 is 0 Å². The first-order chi connectivity index (χ1) is 15.8. The Kier molecular flexibility index (Phi) is 6.37. The molecule has 0 aliphatic rings. The monoisotopic (exact) mass is 510 g/mol. The number of imidazole rings is 1. The van der Waals surface area contributed by atoms with Gasteiger partial charge < -0.3 is 18.8 Å². The molecule has 0 fully saturated rings. The Bertz CT molecular complexity index is 1370. The molecule has 0 saturated heterocycles. The maximum Gasteiger partial charge on any atom is 0.356 e. The van der Waals surface area contributed by atoms with E-state index in [1.807, 2.05) is 36.6 Å². The Morgan fingerprint density at radius 2 is 1.94 bits per heavy atom. The Balaban J connectivity index is 1.78. The predicted molar refractivity (Wildman–Crippen MR) is 128 cm³/mol. The van der Waals surface area contributed by atoms with Gasteiger partial charge in [-0.1, -0.05) is 31.2 Å².